The van der Waals surface area contributed by atoms with Crippen molar-refractivity contribution >= 4 is 27.4 Å². The standard InChI is InChI=1S/C16H19N3OS/c1-2-11-12(3-1)21-15-13(11)14(17-10-18-15)19-6-4-16(8-19)5-7-20-9-16/h10H,1-9H2/t16-/m1/s1. The van der Waals surface area contributed by atoms with E-state index in [4.69, 9.17) is 4.74 Å². The van der Waals surface area contributed by atoms with Gasteiger partial charge in [0.2, 0.25) is 0 Å². The van der Waals surface area contributed by atoms with Crippen molar-refractivity contribution in [2.75, 3.05) is 31.2 Å². The summed E-state index contributed by atoms with van der Waals surface area (Å²) in [5, 5.41) is 1.35. The van der Waals surface area contributed by atoms with E-state index in [2.05, 4.69) is 14.9 Å². The summed E-state index contributed by atoms with van der Waals surface area (Å²) in [5.74, 6) is 1.18. The Kier molecular flexibility index (Phi) is 2.59. The van der Waals surface area contributed by atoms with Crippen molar-refractivity contribution in [3.63, 3.8) is 0 Å². The van der Waals surface area contributed by atoms with Crippen LogP contribution in [0.15, 0.2) is 6.33 Å². The van der Waals surface area contributed by atoms with Crippen LogP contribution >= 0.6 is 11.3 Å². The first-order valence-corrected chi connectivity index (χ1v) is 8.74. The van der Waals surface area contributed by atoms with Gasteiger partial charge < -0.3 is 9.64 Å². The van der Waals surface area contributed by atoms with Crippen LogP contribution < -0.4 is 4.90 Å². The van der Waals surface area contributed by atoms with Gasteiger partial charge in [-0.2, -0.15) is 0 Å². The average Bonchev–Trinajstić information content (AvgIpc) is 3.24. The first-order valence-electron chi connectivity index (χ1n) is 7.93. The molecule has 0 radical (unpaired) electrons. The Hall–Kier alpha value is -1.20. The second kappa shape index (κ2) is 4.40. The van der Waals surface area contributed by atoms with E-state index in [0.29, 0.717) is 5.41 Å². The van der Waals surface area contributed by atoms with Gasteiger partial charge in [-0.25, -0.2) is 9.97 Å². The number of thiophene rings is 1. The van der Waals surface area contributed by atoms with Crippen LogP contribution in [0.25, 0.3) is 10.2 Å². The molecule has 5 rings (SSSR count). The van der Waals surface area contributed by atoms with E-state index in [1.807, 2.05) is 11.3 Å². The van der Waals surface area contributed by atoms with E-state index in [0.717, 1.165) is 26.3 Å². The molecular weight excluding hydrogens is 282 g/mol. The molecule has 2 aromatic rings. The first-order chi connectivity index (χ1) is 10.3. The third-order valence-corrected chi connectivity index (χ3v) is 6.60. The molecule has 2 saturated heterocycles. The fourth-order valence-corrected chi connectivity index (χ4v) is 5.46. The third kappa shape index (κ3) is 1.77. The molecule has 4 heterocycles. The van der Waals surface area contributed by atoms with Crippen molar-refractivity contribution in [1.82, 2.24) is 9.97 Å². The van der Waals surface area contributed by atoms with Gasteiger partial charge >= 0.3 is 0 Å². The highest BCUT2D eigenvalue weighted by Gasteiger charge is 2.42. The monoisotopic (exact) mass is 301 g/mol. The van der Waals surface area contributed by atoms with E-state index in [9.17, 15) is 0 Å². The van der Waals surface area contributed by atoms with Gasteiger partial charge in [0.1, 0.15) is 17.0 Å². The molecule has 110 valence electrons. The van der Waals surface area contributed by atoms with Crippen LogP contribution in [-0.4, -0.2) is 36.3 Å². The zero-order chi connectivity index (χ0) is 13.9. The molecule has 2 aliphatic heterocycles. The Morgan fingerprint density at radius 3 is 3.14 bits per heavy atom. The number of rotatable bonds is 1. The molecule has 3 aliphatic rings. The molecule has 1 atom stereocenters. The number of fused-ring (bicyclic) bond motifs is 3. The van der Waals surface area contributed by atoms with E-state index in [1.54, 1.807) is 11.2 Å². The predicted molar refractivity (Wildman–Crippen MR) is 84.1 cm³/mol. The fourth-order valence-electron chi connectivity index (χ4n) is 4.24. The zero-order valence-electron chi connectivity index (χ0n) is 12.1. The smallest absolute Gasteiger partial charge is 0.141 e. The van der Waals surface area contributed by atoms with Gasteiger partial charge in [0.25, 0.3) is 0 Å². The number of aromatic nitrogens is 2. The second-order valence-electron chi connectivity index (χ2n) is 6.71. The Balaban J connectivity index is 1.59. The maximum atomic E-state index is 5.66. The highest BCUT2D eigenvalue weighted by atomic mass is 32.1. The van der Waals surface area contributed by atoms with Gasteiger partial charge in [0, 0.05) is 30.0 Å². The predicted octanol–water partition coefficient (Wildman–Crippen LogP) is 2.80. The van der Waals surface area contributed by atoms with Gasteiger partial charge in [-0.05, 0) is 37.7 Å². The summed E-state index contributed by atoms with van der Waals surface area (Å²) in [6, 6.07) is 0. The molecule has 0 aromatic carbocycles. The van der Waals surface area contributed by atoms with Crippen molar-refractivity contribution in [2.24, 2.45) is 5.41 Å². The zero-order valence-corrected chi connectivity index (χ0v) is 12.9. The van der Waals surface area contributed by atoms with Crippen LogP contribution in [0.1, 0.15) is 29.7 Å². The molecule has 5 heteroatoms. The van der Waals surface area contributed by atoms with Crippen molar-refractivity contribution in [3.8, 4) is 0 Å². The van der Waals surface area contributed by atoms with E-state index in [1.165, 1.54) is 53.7 Å². The van der Waals surface area contributed by atoms with Gasteiger partial charge in [-0.3, -0.25) is 0 Å². The molecule has 0 unspecified atom stereocenters. The van der Waals surface area contributed by atoms with Gasteiger partial charge in [-0.1, -0.05) is 0 Å². The van der Waals surface area contributed by atoms with Crippen LogP contribution in [0.5, 0.6) is 0 Å². The molecule has 0 N–H and O–H groups in total. The lowest BCUT2D eigenvalue weighted by molar-refractivity contribution is 0.160. The van der Waals surface area contributed by atoms with Crippen LogP contribution in [-0.2, 0) is 17.6 Å². The number of nitrogens with zero attached hydrogens (tertiary/aromatic N) is 3. The molecule has 2 aromatic heterocycles. The SMILES string of the molecule is c1nc(N2CC[C@@]3(CCOC3)C2)c2c3c(sc2n1)CCC3. The summed E-state index contributed by atoms with van der Waals surface area (Å²) < 4.78 is 5.66. The molecule has 1 spiro atoms. The number of hydrogen-bond acceptors (Lipinski definition) is 5. The lowest BCUT2D eigenvalue weighted by Crippen LogP contribution is -2.28. The number of aryl methyl sites for hydroxylation is 2. The highest BCUT2D eigenvalue weighted by molar-refractivity contribution is 7.19. The number of hydrogen-bond donors (Lipinski definition) is 0. The van der Waals surface area contributed by atoms with Crippen molar-refractivity contribution in [2.45, 2.75) is 32.1 Å². The van der Waals surface area contributed by atoms with E-state index >= 15 is 0 Å². The van der Waals surface area contributed by atoms with Crippen LogP contribution in [0.2, 0.25) is 0 Å². The summed E-state index contributed by atoms with van der Waals surface area (Å²) in [5.41, 5.74) is 1.92. The average molecular weight is 301 g/mol. The van der Waals surface area contributed by atoms with Crippen LogP contribution in [0.3, 0.4) is 0 Å². The topological polar surface area (TPSA) is 38.2 Å². The van der Waals surface area contributed by atoms with Crippen molar-refractivity contribution in [3.05, 3.63) is 16.8 Å². The summed E-state index contributed by atoms with van der Waals surface area (Å²) in [6.07, 6.45) is 7.93. The molecule has 0 bridgehead atoms. The van der Waals surface area contributed by atoms with Crippen LogP contribution in [0.4, 0.5) is 5.82 Å². The van der Waals surface area contributed by atoms with Crippen LogP contribution in [0, 0.1) is 5.41 Å². The second-order valence-corrected chi connectivity index (χ2v) is 7.79. The fraction of sp³-hybridized carbons (Fsp3) is 0.625. The Bertz CT molecular complexity index is 705. The summed E-state index contributed by atoms with van der Waals surface area (Å²) in [6.45, 7) is 4.07. The minimum Gasteiger partial charge on any atom is -0.381 e. The summed E-state index contributed by atoms with van der Waals surface area (Å²) in [4.78, 5) is 14.4. The lowest BCUT2D eigenvalue weighted by atomic mass is 9.87. The maximum Gasteiger partial charge on any atom is 0.141 e. The van der Waals surface area contributed by atoms with E-state index in [-0.39, 0.29) is 0 Å². The quantitative estimate of drug-likeness (QED) is 0.812. The van der Waals surface area contributed by atoms with Crippen molar-refractivity contribution in [1.29, 1.82) is 0 Å². The summed E-state index contributed by atoms with van der Waals surface area (Å²) in [7, 11) is 0. The van der Waals surface area contributed by atoms with E-state index < -0.39 is 0 Å². The molecule has 0 saturated carbocycles. The molecule has 1 aliphatic carbocycles. The largest absolute Gasteiger partial charge is 0.381 e. The first kappa shape index (κ1) is 12.4. The molecule has 2 fully saturated rings. The number of ether oxygens (including phenoxy) is 1. The maximum absolute atomic E-state index is 5.66. The van der Waals surface area contributed by atoms with Crippen molar-refractivity contribution < 1.29 is 4.74 Å². The third-order valence-electron chi connectivity index (χ3n) is 5.40. The van der Waals surface area contributed by atoms with Gasteiger partial charge in [0.05, 0.1) is 12.0 Å². The highest BCUT2D eigenvalue weighted by Crippen LogP contribution is 2.44. The Morgan fingerprint density at radius 2 is 2.24 bits per heavy atom. The summed E-state index contributed by atoms with van der Waals surface area (Å²) >= 11 is 1.88. The molecular formula is C16H19N3OS. The van der Waals surface area contributed by atoms with Gasteiger partial charge in [-0.15, -0.1) is 11.3 Å². The molecule has 4 nitrogen and oxygen atoms in total. The molecule has 21 heavy (non-hydrogen) atoms. The number of anilines is 1. The normalized spacial score (nSPS) is 28.1. The molecule has 0 amide bonds. The lowest BCUT2D eigenvalue weighted by Gasteiger charge is -2.23. The Labute approximate surface area is 128 Å². The minimum atomic E-state index is 0.385. The minimum absolute atomic E-state index is 0.385. The Morgan fingerprint density at radius 1 is 1.24 bits per heavy atom. The van der Waals surface area contributed by atoms with Gasteiger partial charge in [0.15, 0.2) is 0 Å².